The molecule has 138 valence electrons. The molecule has 0 aliphatic carbocycles. The third-order valence-corrected chi connectivity index (χ3v) is 5.80. The first-order valence-corrected chi connectivity index (χ1v) is 10.3. The summed E-state index contributed by atoms with van der Waals surface area (Å²) in [5, 5.41) is 0.255. The van der Waals surface area contributed by atoms with Crippen molar-refractivity contribution in [2.75, 3.05) is 19.0 Å². The molecule has 0 radical (unpaired) electrons. The highest BCUT2D eigenvalue weighted by molar-refractivity contribution is 8.14. The SMILES string of the molecule is CC(=O)SCCC(SC(C)=O)c1ccc(C2OCC(C)(C)CO2)cc1. The normalized spacial score (nSPS) is 18.7. The first kappa shape index (κ1) is 20.5. The molecule has 25 heavy (non-hydrogen) atoms. The van der Waals surface area contributed by atoms with Crippen LogP contribution in [0.5, 0.6) is 0 Å². The molecule has 0 aromatic heterocycles. The van der Waals surface area contributed by atoms with E-state index in [9.17, 15) is 9.59 Å². The van der Waals surface area contributed by atoms with Crippen LogP contribution in [0.1, 0.15) is 56.8 Å². The number of benzene rings is 1. The average molecular weight is 383 g/mol. The molecule has 1 aromatic carbocycles. The molecule has 1 saturated heterocycles. The van der Waals surface area contributed by atoms with Crippen molar-refractivity contribution in [3.63, 3.8) is 0 Å². The van der Waals surface area contributed by atoms with E-state index in [1.807, 2.05) is 24.3 Å². The molecule has 0 saturated carbocycles. The van der Waals surface area contributed by atoms with Crippen LogP contribution in [0.3, 0.4) is 0 Å². The number of hydrogen-bond donors (Lipinski definition) is 0. The molecule has 4 nitrogen and oxygen atoms in total. The summed E-state index contributed by atoms with van der Waals surface area (Å²) in [5.41, 5.74) is 2.13. The molecule has 1 heterocycles. The van der Waals surface area contributed by atoms with E-state index in [4.69, 9.17) is 9.47 Å². The van der Waals surface area contributed by atoms with E-state index in [0.29, 0.717) is 19.0 Å². The van der Waals surface area contributed by atoms with Crippen LogP contribution in [0, 0.1) is 5.41 Å². The molecule has 1 aromatic rings. The largest absolute Gasteiger partial charge is 0.348 e. The molecule has 0 N–H and O–H groups in total. The summed E-state index contributed by atoms with van der Waals surface area (Å²) in [6.07, 6.45) is 0.451. The minimum absolute atomic E-state index is 0.0496. The number of hydrogen-bond acceptors (Lipinski definition) is 6. The Morgan fingerprint density at radius 2 is 1.72 bits per heavy atom. The summed E-state index contributed by atoms with van der Waals surface area (Å²) in [6, 6.07) is 8.07. The molecule has 1 atom stereocenters. The van der Waals surface area contributed by atoms with Crippen molar-refractivity contribution in [1.82, 2.24) is 0 Å². The van der Waals surface area contributed by atoms with E-state index in [0.717, 1.165) is 17.5 Å². The maximum absolute atomic E-state index is 11.5. The quantitative estimate of drug-likeness (QED) is 0.708. The lowest BCUT2D eigenvalue weighted by molar-refractivity contribution is -0.226. The van der Waals surface area contributed by atoms with Gasteiger partial charge in [0.25, 0.3) is 0 Å². The van der Waals surface area contributed by atoms with Gasteiger partial charge >= 0.3 is 0 Å². The van der Waals surface area contributed by atoms with Crippen LogP contribution in [0.25, 0.3) is 0 Å². The summed E-state index contributed by atoms with van der Waals surface area (Å²) >= 11 is 2.62. The van der Waals surface area contributed by atoms with Gasteiger partial charge in [0.2, 0.25) is 0 Å². The van der Waals surface area contributed by atoms with Gasteiger partial charge in [0, 0.05) is 35.8 Å². The van der Waals surface area contributed by atoms with Gasteiger partial charge in [-0.2, -0.15) is 0 Å². The lowest BCUT2D eigenvalue weighted by Crippen LogP contribution is -2.33. The van der Waals surface area contributed by atoms with Crippen LogP contribution in [0.4, 0.5) is 0 Å². The van der Waals surface area contributed by atoms with Crippen molar-refractivity contribution in [2.24, 2.45) is 5.41 Å². The monoisotopic (exact) mass is 382 g/mol. The topological polar surface area (TPSA) is 52.6 Å². The number of thioether (sulfide) groups is 2. The van der Waals surface area contributed by atoms with Crippen LogP contribution < -0.4 is 0 Å². The van der Waals surface area contributed by atoms with E-state index in [2.05, 4.69) is 13.8 Å². The summed E-state index contributed by atoms with van der Waals surface area (Å²) in [6.45, 7) is 8.73. The van der Waals surface area contributed by atoms with E-state index >= 15 is 0 Å². The van der Waals surface area contributed by atoms with Crippen LogP contribution >= 0.6 is 23.5 Å². The second kappa shape index (κ2) is 9.21. The zero-order valence-corrected chi connectivity index (χ0v) is 16.9. The molecular weight excluding hydrogens is 356 g/mol. The molecule has 1 unspecified atom stereocenters. The zero-order chi connectivity index (χ0) is 18.4. The Kier molecular flexibility index (Phi) is 7.55. The van der Waals surface area contributed by atoms with Gasteiger partial charge in [0.05, 0.1) is 13.2 Å². The minimum Gasteiger partial charge on any atom is -0.348 e. The van der Waals surface area contributed by atoms with Gasteiger partial charge in [-0.1, -0.05) is 61.6 Å². The van der Waals surface area contributed by atoms with E-state index in [1.54, 1.807) is 13.8 Å². The van der Waals surface area contributed by atoms with Crippen LogP contribution in [0.2, 0.25) is 0 Å². The Balaban J connectivity index is 2.01. The second-order valence-electron chi connectivity index (χ2n) is 7.01. The van der Waals surface area contributed by atoms with Gasteiger partial charge < -0.3 is 9.47 Å². The minimum atomic E-state index is -0.325. The first-order valence-electron chi connectivity index (χ1n) is 8.40. The maximum Gasteiger partial charge on any atom is 0.186 e. The summed E-state index contributed by atoms with van der Waals surface area (Å²) in [7, 11) is 0. The summed E-state index contributed by atoms with van der Waals surface area (Å²) < 4.78 is 11.6. The zero-order valence-electron chi connectivity index (χ0n) is 15.2. The second-order valence-corrected chi connectivity index (χ2v) is 9.66. The highest BCUT2D eigenvalue weighted by Crippen LogP contribution is 2.36. The van der Waals surface area contributed by atoms with Gasteiger partial charge in [-0.05, 0) is 12.0 Å². The number of carbonyl (C=O) groups is 2. The third-order valence-electron chi connectivity index (χ3n) is 3.82. The molecule has 0 bridgehead atoms. The van der Waals surface area contributed by atoms with Crippen molar-refractivity contribution < 1.29 is 19.1 Å². The molecule has 1 fully saturated rings. The Morgan fingerprint density at radius 3 is 2.24 bits per heavy atom. The summed E-state index contributed by atoms with van der Waals surface area (Å²) in [5.74, 6) is 0.714. The number of ether oxygens (including phenoxy) is 2. The standard InChI is InChI=1S/C19H26O4S2/c1-13(20)24-10-9-17(25-14(2)21)15-5-7-16(8-6-15)18-22-11-19(3,4)12-23-18/h5-8,17-18H,9-12H2,1-4H3. The Morgan fingerprint density at radius 1 is 1.12 bits per heavy atom. The molecule has 1 aliphatic heterocycles. The highest BCUT2D eigenvalue weighted by Gasteiger charge is 2.29. The molecule has 2 rings (SSSR count). The molecule has 6 heteroatoms. The van der Waals surface area contributed by atoms with Gasteiger partial charge in [0.15, 0.2) is 16.5 Å². The fourth-order valence-electron chi connectivity index (χ4n) is 2.56. The average Bonchev–Trinajstić information content (AvgIpc) is 2.53. The van der Waals surface area contributed by atoms with Gasteiger partial charge in [0.1, 0.15) is 0 Å². The molecule has 1 aliphatic rings. The first-order chi connectivity index (χ1) is 11.8. The van der Waals surface area contributed by atoms with E-state index in [-0.39, 0.29) is 27.2 Å². The van der Waals surface area contributed by atoms with Crippen molar-refractivity contribution >= 4 is 33.8 Å². The Labute approximate surface area is 158 Å². The molecule has 0 spiro atoms. The lowest BCUT2D eigenvalue weighted by Gasteiger charge is -2.34. The third kappa shape index (κ3) is 6.77. The van der Waals surface area contributed by atoms with Crippen molar-refractivity contribution in [3.8, 4) is 0 Å². The van der Waals surface area contributed by atoms with Gasteiger partial charge in [-0.15, -0.1) is 0 Å². The number of rotatable bonds is 6. The van der Waals surface area contributed by atoms with Crippen LogP contribution in [0.15, 0.2) is 24.3 Å². The lowest BCUT2D eigenvalue weighted by atomic mass is 9.95. The summed E-state index contributed by atoms with van der Waals surface area (Å²) in [4.78, 5) is 22.7. The van der Waals surface area contributed by atoms with Crippen molar-refractivity contribution in [1.29, 1.82) is 0 Å². The van der Waals surface area contributed by atoms with Crippen LogP contribution in [-0.4, -0.2) is 29.2 Å². The van der Waals surface area contributed by atoms with Crippen molar-refractivity contribution in [3.05, 3.63) is 35.4 Å². The highest BCUT2D eigenvalue weighted by atomic mass is 32.2. The molecule has 0 amide bonds. The van der Waals surface area contributed by atoms with E-state index < -0.39 is 0 Å². The fraction of sp³-hybridized carbons (Fsp3) is 0.579. The number of carbonyl (C=O) groups excluding carboxylic acids is 2. The Bertz CT molecular complexity index is 588. The van der Waals surface area contributed by atoms with Gasteiger partial charge in [-0.3, -0.25) is 9.59 Å². The molecular formula is C19H26O4S2. The van der Waals surface area contributed by atoms with E-state index in [1.165, 1.54) is 23.5 Å². The van der Waals surface area contributed by atoms with Gasteiger partial charge in [-0.25, -0.2) is 0 Å². The fourth-order valence-corrected chi connectivity index (χ4v) is 4.28. The van der Waals surface area contributed by atoms with Crippen LogP contribution in [-0.2, 0) is 19.1 Å². The maximum atomic E-state index is 11.5. The smallest absolute Gasteiger partial charge is 0.186 e. The Hall–Kier alpha value is -0.820. The van der Waals surface area contributed by atoms with Crippen molar-refractivity contribution in [2.45, 2.75) is 45.7 Å². The predicted octanol–water partition coefficient (Wildman–Crippen LogP) is 4.75. The predicted molar refractivity (Wildman–Crippen MR) is 104 cm³/mol.